The van der Waals surface area contributed by atoms with Crippen LogP contribution in [0.5, 0.6) is 0 Å². The molecule has 0 atom stereocenters. The average molecular weight is 390 g/mol. The second-order valence-electron chi connectivity index (χ2n) is 4.75. The summed E-state index contributed by atoms with van der Waals surface area (Å²) in [6, 6.07) is 3.66. The zero-order valence-electron chi connectivity index (χ0n) is 11.6. The lowest BCUT2D eigenvalue weighted by atomic mass is 10.4. The summed E-state index contributed by atoms with van der Waals surface area (Å²) in [5.74, 6) is 0. The van der Waals surface area contributed by atoms with Crippen molar-refractivity contribution in [3.8, 4) is 0 Å². The first-order chi connectivity index (χ1) is 9.88. The first-order valence-electron chi connectivity index (χ1n) is 6.31. The molecule has 0 aliphatic heterocycles. The Bertz CT molecular complexity index is 714. The molecule has 0 aromatic carbocycles. The Balaban J connectivity index is 2.15. The minimum absolute atomic E-state index is 0.275. The smallest absolute Gasteiger partial charge is 0.262 e. The molecule has 2 rings (SSSR count). The van der Waals surface area contributed by atoms with Crippen LogP contribution in [0.15, 0.2) is 39.3 Å². The van der Waals surface area contributed by atoms with Crippen molar-refractivity contribution in [2.45, 2.75) is 31.3 Å². The van der Waals surface area contributed by atoms with E-state index in [0.717, 1.165) is 4.88 Å². The number of nitrogens with one attached hydrogen (secondary N) is 2. The van der Waals surface area contributed by atoms with E-state index in [0.29, 0.717) is 22.7 Å². The lowest BCUT2D eigenvalue weighted by Gasteiger charge is -2.08. The van der Waals surface area contributed by atoms with Crippen LogP contribution >= 0.6 is 27.3 Å². The molecular weight excluding hydrogens is 374 g/mol. The number of thiophene rings is 1. The van der Waals surface area contributed by atoms with Gasteiger partial charge in [0.25, 0.3) is 10.0 Å². The van der Waals surface area contributed by atoms with Crippen LogP contribution in [0.2, 0.25) is 0 Å². The summed E-state index contributed by atoms with van der Waals surface area (Å²) in [5, 5.41) is 4.91. The number of pyridine rings is 1. The molecule has 0 radical (unpaired) electrons. The van der Waals surface area contributed by atoms with E-state index in [1.54, 1.807) is 23.7 Å². The van der Waals surface area contributed by atoms with Gasteiger partial charge in [-0.15, -0.1) is 11.3 Å². The van der Waals surface area contributed by atoms with Gasteiger partial charge in [0.05, 0.1) is 15.1 Å². The highest BCUT2D eigenvalue weighted by molar-refractivity contribution is 9.10. The number of hydrogen-bond acceptors (Lipinski definition) is 5. The monoisotopic (exact) mass is 389 g/mol. The predicted molar refractivity (Wildman–Crippen MR) is 89.0 cm³/mol. The number of hydrogen-bond donors (Lipinski definition) is 2. The third kappa shape index (κ3) is 4.50. The summed E-state index contributed by atoms with van der Waals surface area (Å²) in [6.07, 6.45) is 3.08. The van der Waals surface area contributed by atoms with Crippen LogP contribution in [0.25, 0.3) is 0 Å². The molecule has 8 heteroatoms. The molecule has 2 aromatic heterocycles. The summed E-state index contributed by atoms with van der Waals surface area (Å²) in [4.78, 5) is 5.16. The minimum Gasteiger partial charge on any atom is -0.310 e. The third-order valence-corrected chi connectivity index (χ3v) is 5.70. The molecule has 0 aliphatic rings. The van der Waals surface area contributed by atoms with Gasteiger partial charge in [-0.3, -0.25) is 9.71 Å². The van der Waals surface area contributed by atoms with Crippen molar-refractivity contribution in [2.75, 3.05) is 4.72 Å². The van der Waals surface area contributed by atoms with Crippen LogP contribution in [-0.2, 0) is 16.6 Å². The SMILES string of the molecule is CC(C)NCc1cc(S(=O)(=O)Nc2ccncc2Br)cs1. The van der Waals surface area contributed by atoms with Crippen molar-refractivity contribution in [1.82, 2.24) is 10.3 Å². The van der Waals surface area contributed by atoms with Gasteiger partial charge in [-0.1, -0.05) is 13.8 Å². The van der Waals surface area contributed by atoms with E-state index in [9.17, 15) is 8.42 Å². The Morgan fingerprint density at radius 3 is 2.86 bits per heavy atom. The number of rotatable bonds is 6. The molecule has 114 valence electrons. The minimum atomic E-state index is -3.58. The van der Waals surface area contributed by atoms with Gasteiger partial charge in [-0.25, -0.2) is 8.42 Å². The van der Waals surface area contributed by atoms with Crippen LogP contribution in [0.4, 0.5) is 5.69 Å². The maximum atomic E-state index is 12.3. The maximum absolute atomic E-state index is 12.3. The topological polar surface area (TPSA) is 71.1 Å². The van der Waals surface area contributed by atoms with E-state index >= 15 is 0 Å². The van der Waals surface area contributed by atoms with Gasteiger partial charge >= 0.3 is 0 Å². The molecule has 0 bridgehead atoms. The van der Waals surface area contributed by atoms with Gasteiger partial charge in [0, 0.05) is 35.2 Å². The molecule has 0 saturated carbocycles. The van der Waals surface area contributed by atoms with E-state index in [-0.39, 0.29) is 4.90 Å². The van der Waals surface area contributed by atoms with E-state index in [2.05, 4.69) is 31.0 Å². The highest BCUT2D eigenvalue weighted by Gasteiger charge is 2.17. The normalized spacial score (nSPS) is 11.8. The lowest BCUT2D eigenvalue weighted by Crippen LogP contribution is -2.21. The number of sulfonamides is 1. The fourth-order valence-corrected chi connectivity index (χ4v) is 4.35. The van der Waals surface area contributed by atoms with Gasteiger partial charge in [-0.05, 0) is 28.1 Å². The Kier molecular flexibility index (Phi) is 5.37. The summed E-state index contributed by atoms with van der Waals surface area (Å²) in [5.41, 5.74) is 0.470. The van der Waals surface area contributed by atoms with Crippen molar-refractivity contribution >= 4 is 43.0 Å². The Hall–Kier alpha value is -0.960. The first-order valence-corrected chi connectivity index (χ1v) is 9.47. The largest absolute Gasteiger partial charge is 0.310 e. The van der Waals surface area contributed by atoms with Crippen molar-refractivity contribution < 1.29 is 8.42 Å². The quantitative estimate of drug-likeness (QED) is 0.795. The summed E-state index contributed by atoms with van der Waals surface area (Å²) in [7, 11) is -3.58. The van der Waals surface area contributed by atoms with Crippen LogP contribution < -0.4 is 10.0 Å². The van der Waals surface area contributed by atoms with Crippen molar-refractivity contribution in [3.05, 3.63) is 39.3 Å². The zero-order chi connectivity index (χ0) is 15.5. The standard InChI is InChI=1S/C13H16BrN3O2S2/c1-9(2)16-6-10-5-11(8-20-10)21(18,19)17-13-3-4-15-7-12(13)14/h3-5,7-9,16H,6H2,1-2H3,(H,15,17). The molecule has 0 aliphatic carbocycles. The zero-order valence-corrected chi connectivity index (χ0v) is 14.8. The van der Waals surface area contributed by atoms with Gasteiger partial charge < -0.3 is 5.32 Å². The molecule has 21 heavy (non-hydrogen) atoms. The first kappa shape index (κ1) is 16.4. The van der Waals surface area contributed by atoms with Crippen molar-refractivity contribution in [2.24, 2.45) is 0 Å². The summed E-state index contributed by atoms with van der Waals surface area (Å²) < 4.78 is 27.8. The number of halogens is 1. The molecule has 0 amide bonds. The van der Waals surface area contributed by atoms with E-state index in [1.165, 1.54) is 17.5 Å². The molecule has 2 N–H and O–H groups in total. The van der Waals surface area contributed by atoms with Crippen LogP contribution in [0.1, 0.15) is 18.7 Å². The fourth-order valence-electron chi connectivity index (χ4n) is 1.56. The van der Waals surface area contributed by atoms with Crippen LogP contribution in [-0.4, -0.2) is 19.4 Å². The predicted octanol–water partition coefficient (Wildman–Crippen LogP) is 3.20. The Morgan fingerprint density at radius 1 is 1.43 bits per heavy atom. The lowest BCUT2D eigenvalue weighted by molar-refractivity contribution is 0.592. The molecule has 0 spiro atoms. The van der Waals surface area contributed by atoms with Gasteiger partial charge in [-0.2, -0.15) is 0 Å². The molecule has 0 saturated heterocycles. The summed E-state index contributed by atoms with van der Waals surface area (Å²) >= 11 is 4.70. The van der Waals surface area contributed by atoms with Crippen molar-refractivity contribution in [1.29, 1.82) is 0 Å². The van der Waals surface area contributed by atoms with Crippen LogP contribution in [0.3, 0.4) is 0 Å². The average Bonchev–Trinajstić information content (AvgIpc) is 2.88. The molecule has 2 aromatic rings. The second-order valence-corrected chi connectivity index (χ2v) is 8.28. The fraction of sp³-hybridized carbons (Fsp3) is 0.308. The molecular formula is C13H16BrN3O2S2. The van der Waals surface area contributed by atoms with Gasteiger partial charge in [0.1, 0.15) is 0 Å². The number of aromatic nitrogens is 1. The van der Waals surface area contributed by atoms with E-state index < -0.39 is 10.0 Å². The Morgan fingerprint density at radius 2 is 2.19 bits per heavy atom. The van der Waals surface area contributed by atoms with E-state index in [4.69, 9.17) is 0 Å². The van der Waals surface area contributed by atoms with E-state index in [1.807, 2.05) is 13.8 Å². The molecule has 2 heterocycles. The number of nitrogens with zero attached hydrogens (tertiary/aromatic N) is 1. The van der Waals surface area contributed by atoms with Gasteiger partial charge in [0.2, 0.25) is 0 Å². The second kappa shape index (κ2) is 6.87. The molecule has 0 unspecified atom stereocenters. The number of anilines is 1. The molecule has 5 nitrogen and oxygen atoms in total. The van der Waals surface area contributed by atoms with Crippen LogP contribution in [0, 0.1) is 0 Å². The Labute approximate surface area is 137 Å². The maximum Gasteiger partial charge on any atom is 0.262 e. The summed E-state index contributed by atoms with van der Waals surface area (Å²) in [6.45, 7) is 4.76. The highest BCUT2D eigenvalue weighted by Crippen LogP contribution is 2.25. The highest BCUT2D eigenvalue weighted by atomic mass is 79.9. The van der Waals surface area contributed by atoms with Gasteiger partial charge in [0.15, 0.2) is 0 Å². The molecule has 0 fully saturated rings. The van der Waals surface area contributed by atoms with Crippen molar-refractivity contribution in [3.63, 3.8) is 0 Å². The third-order valence-electron chi connectivity index (χ3n) is 2.64.